The number of aromatic nitrogens is 2. The van der Waals surface area contributed by atoms with Crippen molar-refractivity contribution in [2.24, 2.45) is 0 Å². The van der Waals surface area contributed by atoms with Crippen molar-refractivity contribution in [1.82, 2.24) is 9.97 Å². The Morgan fingerprint density at radius 1 is 0.277 bits per heavy atom. The van der Waals surface area contributed by atoms with Gasteiger partial charge in [-0.1, -0.05) is 218 Å². The van der Waals surface area contributed by atoms with Gasteiger partial charge in [-0.15, -0.1) is 0 Å². The molecule has 0 fully saturated rings. The topological polar surface area (TPSA) is 25.8 Å². The summed E-state index contributed by atoms with van der Waals surface area (Å²) in [6.07, 6.45) is 0. The quantitative estimate of drug-likeness (QED) is 0.165. The third kappa shape index (κ3) is 5.11. The van der Waals surface area contributed by atoms with Crippen LogP contribution in [-0.2, 0) is 5.41 Å². The first kappa shape index (κ1) is 36.1. The molecule has 2 heteroatoms. The van der Waals surface area contributed by atoms with Crippen LogP contribution in [0.25, 0.3) is 110 Å². The van der Waals surface area contributed by atoms with E-state index in [0.717, 1.165) is 33.6 Å². The lowest BCUT2D eigenvalue weighted by atomic mass is 9.68. The van der Waals surface area contributed by atoms with Crippen LogP contribution >= 0.6 is 0 Å². The Kier molecular flexibility index (Phi) is 7.64. The summed E-state index contributed by atoms with van der Waals surface area (Å²) in [5, 5.41) is 10.1. The molecule has 300 valence electrons. The maximum Gasteiger partial charge on any atom is 0.160 e. The molecular formula is C63H38N2. The van der Waals surface area contributed by atoms with Crippen LogP contribution < -0.4 is 0 Å². The van der Waals surface area contributed by atoms with Crippen LogP contribution in [0, 0.1) is 0 Å². The minimum absolute atomic E-state index is 0.495. The van der Waals surface area contributed by atoms with Crippen molar-refractivity contribution in [3.63, 3.8) is 0 Å². The predicted octanol–water partition coefficient (Wildman–Crippen LogP) is 16.1. The second kappa shape index (κ2) is 13.8. The third-order valence-corrected chi connectivity index (χ3v) is 14.3. The summed E-state index contributed by atoms with van der Waals surface area (Å²) >= 11 is 0. The highest BCUT2D eigenvalue weighted by molar-refractivity contribution is 6.21. The van der Waals surface area contributed by atoms with Crippen LogP contribution in [0.3, 0.4) is 0 Å². The van der Waals surface area contributed by atoms with Crippen LogP contribution in [-0.4, -0.2) is 9.97 Å². The summed E-state index contributed by atoms with van der Waals surface area (Å²) in [5.74, 6) is 0.714. The number of benzene rings is 11. The van der Waals surface area contributed by atoms with Gasteiger partial charge in [-0.05, 0) is 111 Å². The van der Waals surface area contributed by atoms with Crippen molar-refractivity contribution < 1.29 is 0 Å². The molecule has 1 spiro atoms. The average Bonchev–Trinajstić information content (AvgIpc) is 3.87. The van der Waals surface area contributed by atoms with Crippen molar-refractivity contribution in [1.29, 1.82) is 0 Å². The minimum atomic E-state index is -0.495. The van der Waals surface area contributed by atoms with Gasteiger partial charge in [-0.2, -0.15) is 0 Å². The van der Waals surface area contributed by atoms with E-state index in [-0.39, 0.29) is 0 Å². The van der Waals surface area contributed by atoms with E-state index in [2.05, 4.69) is 212 Å². The average molecular weight is 823 g/mol. The molecule has 0 amide bonds. The molecule has 1 aromatic heterocycles. The van der Waals surface area contributed by atoms with Crippen molar-refractivity contribution in [3.05, 3.63) is 253 Å². The molecule has 2 aliphatic carbocycles. The maximum atomic E-state index is 5.17. The summed E-state index contributed by atoms with van der Waals surface area (Å²) in [6.45, 7) is 0. The van der Waals surface area contributed by atoms with Crippen LogP contribution in [0.1, 0.15) is 22.3 Å². The number of hydrogen-bond donors (Lipinski definition) is 0. The molecule has 0 saturated heterocycles. The predicted molar refractivity (Wildman–Crippen MR) is 270 cm³/mol. The van der Waals surface area contributed by atoms with Gasteiger partial charge in [-0.3, -0.25) is 0 Å². The Morgan fingerprint density at radius 3 is 1.62 bits per heavy atom. The Balaban J connectivity index is 0.943. The molecule has 11 aromatic carbocycles. The third-order valence-electron chi connectivity index (χ3n) is 14.3. The molecule has 0 unspecified atom stereocenters. The van der Waals surface area contributed by atoms with Crippen molar-refractivity contribution in [2.75, 3.05) is 0 Å². The Labute approximate surface area is 376 Å². The number of hydrogen-bond acceptors (Lipinski definition) is 2. The molecule has 2 aliphatic rings. The van der Waals surface area contributed by atoms with Crippen molar-refractivity contribution in [2.45, 2.75) is 5.41 Å². The monoisotopic (exact) mass is 822 g/mol. The van der Waals surface area contributed by atoms with E-state index in [1.54, 1.807) is 0 Å². The van der Waals surface area contributed by atoms with Gasteiger partial charge in [0.1, 0.15) is 0 Å². The highest BCUT2D eigenvalue weighted by Crippen LogP contribution is 2.66. The zero-order chi connectivity index (χ0) is 42.6. The highest BCUT2D eigenvalue weighted by atomic mass is 14.9. The second-order valence-corrected chi connectivity index (χ2v) is 17.5. The molecule has 1 heterocycles. The van der Waals surface area contributed by atoms with E-state index in [9.17, 15) is 0 Å². The van der Waals surface area contributed by atoms with Gasteiger partial charge in [-0.25, -0.2) is 9.97 Å². The fourth-order valence-electron chi connectivity index (χ4n) is 11.6. The van der Waals surface area contributed by atoms with E-state index < -0.39 is 5.41 Å². The van der Waals surface area contributed by atoms with E-state index >= 15 is 0 Å². The highest BCUT2D eigenvalue weighted by Gasteiger charge is 2.53. The van der Waals surface area contributed by atoms with E-state index in [4.69, 9.17) is 9.97 Å². The zero-order valence-corrected chi connectivity index (χ0v) is 35.3. The molecule has 65 heavy (non-hydrogen) atoms. The summed E-state index contributed by atoms with van der Waals surface area (Å²) in [4.78, 5) is 10.3. The van der Waals surface area contributed by atoms with Crippen LogP contribution in [0.5, 0.6) is 0 Å². The van der Waals surface area contributed by atoms with Crippen LogP contribution in [0.15, 0.2) is 231 Å². The molecule has 14 rings (SSSR count). The smallest absolute Gasteiger partial charge is 0.160 e. The summed E-state index contributed by atoms with van der Waals surface area (Å²) < 4.78 is 0. The fraction of sp³-hybridized carbons (Fsp3) is 0.0159. The summed E-state index contributed by atoms with van der Waals surface area (Å²) in [5.41, 5.74) is 17.6. The Morgan fingerprint density at radius 2 is 0.846 bits per heavy atom. The first-order chi connectivity index (χ1) is 32.2. The first-order valence-electron chi connectivity index (χ1n) is 22.5. The maximum absolute atomic E-state index is 5.17. The van der Waals surface area contributed by atoms with E-state index in [1.165, 1.54) is 93.2 Å². The largest absolute Gasteiger partial charge is 0.228 e. The van der Waals surface area contributed by atoms with Gasteiger partial charge in [0.25, 0.3) is 0 Å². The number of fused-ring (bicyclic) bond motifs is 18. The van der Waals surface area contributed by atoms with Gasteiger partial charge in [0.05, 0.1) is 16.8 Å². The van der Waals surface area contributed by atoms with Gasteiger partial charge in [0.2, 0.25) is 0 Å². The fourth-order valence-corrected chi connectivity index (χ4v) is 11.6. The molecule has 12 aromatic rings. The number of rotatable bonds is 4. The molecular weight excluding hydrogens is 785 g/mol. The molecule has 0 bridgehead atoms. The lowest BCUT2D eigenvalue weighted by Gasteiger charge is -2.32. The second-order valence-electron chi connectivity index (χ2n) is 17.5. The lowest BCUT2D eigenvalue weighted by Crippen LogP contribution is -2.26. The lowest BCUT2D eigenvalue weighted by molar-refractivity contribution is 0.809. The molecule has 0 N–H and O–H groups in total. The van der Waals surface area contributed by atoms with E-state index in [1.807, 2.05) is 18.2 Å². The van der Waals surface area contributed by atoms with Crippen molar-refractivity contribution in [3.8, 4) is 67.3 Å². The van der Waals surface area contributed by atoms with Crippen LogP contribution in [0.2, 0.25) is 0 Å². The summed E-state index contributed by atoms with van der Waals surface area (Å²) in [7, 11) is 0. The Hall–Kier alpha value is -8.46. The molecule has 0 radical (unpaired) electrons. The number of nitrogens with zero attached hydrogens (tertiary/aromatic N) is 2. The SMILES string of the molecule is c1ccc(-c2nc(-c3ccc(-c4ccc5c6c(ccc5c4)-c4c(c5ccccc5c5ccccc45)C64c5ccccc5-c5ccccc54)cc3)cc(-c3cccc4ccccc34)n2)cc1. The van der Waals surface area contributed by atoms with Crippen LogP contribution in [0.4, 0.5) is 0 Å². The molecule has 2 nitrogen and oxygen atoms in total. The standard InChI is InChI=1S/C63H38N2/c1-2-16-42(17-3-1)62-64-57(38-58(65-62)51-26-14-18-40-15-4-5-19-45(40)51)41-31-29-39(30-32-41)43-33-35-46-44(37-43)34-36-54-59-52-24-8-6-20-47(52)48-21-7-9-25-53(48)61(59)63(60(46)54)55-27-12-10-22-49(55)50-23-11-13-28-56(50)63/h1-38H. The first-order valence-corrected chi connectivity index (χ1v) is 22.5. The molecule has 0 aliphatic heterocycles. The van der Waals surface area contributed by atoms with Gasteiger partial charge < -0.3 is 0 Å². The van der Waals surface area contributed by atoms with Gasteiger partial charge in [0, 0.05) is 16.7 Å². The summed E-state index contributed by atoms with van der Waals surface area (Å²) in [6, 6.07) is 84.5. The van der Waals surface area contributed by atoms with Gasteiger partial charge in [0.15, 0.2) is 5.82 Å². The zero-order valence-electron chi connectivity index (χ0n) is 35.3. The minimum Gasteiger partial charge on any atom is -0.228 e. The normalized spacial score (nSPS) is 13.0. The van der Waals surface area contributed by atoms with Gasteiger partial charge >= 0.3 is 0 Å². The van der Waals surface area contributed by atoms with Crippen molar-refractivity contribution >= 4 is 43.1 Å². The van der Waals surface area contributed by atoms with E-state index in [0.29, 0.717) is 5.82 Å². The molecule has 0 atom stereocenters. The molecule has 0 saturated carbocycles. The Bertz CT molecular complexity index is 3890.